The van der Waals surface area contributed by atoms with Gasteiger partial charge in [0.2, 0.25) is 0 Å². The highest BCUT2D eigenvalue weighted by Crippen LogP contribution is 2.16. The lowest BCUT2D eigenvalue weighted by atomic mass is 10.1. The van der Waals surface area contributed by atoms with Crippen LogP contribution in [0.25, 0.3) is 0 Å². The number of rotatable bonds is 4. The molecule has 1 aromatic carbocycles. The molecule has 0 aliphatic rings. The standard InChI is InChI=1S/C12H16O/c1-2-3-4-5-8-11-9-6-7-10-12(11)13/h4-7,9-10,13H,2-3,8H2,1H3/b5-4-. The summed E-state index contributed by atoms with van der Waals surface area (Å²) in [6.07, 6.45) is 7.39. The van der Waals surface area contributed by atoms with E-state index in [-0.39, 0.29) is 0 Å². The predicted octanol–water partition coefficient (Wildman–Crippen LogP) is 3.29. The summed E-state index contributed by atoms with van der Waals surface area (Å²) in [6.45, 7) is 2.16. The molecule has 0 bridgehead atoms. The Morgan fingerprint density at radius 1 is 1.23 bits per heavy atom. The highest BCUT2D eigenvalue weighted by Gasteiger charge is 1.94. The fourth-order valence-corrected chi connectivity index (χ4v) is 1.18. The van der Waals surface area contributed by atoms with E-state index >= 15 is 0 Å². The summed E-state index contributed by atoms with van der Waals surface area (Å²) in [5, 5.41) is 9.43. The minimum atomic E-state index is 0.392. The lowest BCUT2D eigenvalue weighted by Crippen LogP contribution is -1.80. The van der Waals surface area contributed by atoms with Gasteiger partial charge in [-0.15, -0.1) is 0 Å². The molecule has 0 aliphatic carbocycles. The van der Waals surface area contributed by atoms with E-state index in [0.29, 0.717) is 5.75 Å². The molecule has 13 heavy (non-hydrogen) atoms. The van der Waals surface area contributed by atoms with E-state index in [4.69, 9.17) is 0 Å². The van der Waals surface area contributed by atoms with E-state index in [0.717, 1.165) is 18.4 Å². The van der Waals surface area contributed by atoms with Crippen molar-refractivity contribution in [3.05, 3.63) is 42.0 Å². The van der Waals surface area contributed by atoms with E-state index in [1.54, 1.807) is 6.07 Å². The fraction of sp³-hybridized carbons (Fsp3) is 0.333. The van der Waals surface area contributed by atoms with E-state index < -0.39 is 0 Å². The van der Waals surface area contributed by atoms with Crippen molar-refractivity contribution >= 4 is 0 Å². The maximum absolute atomic E-state index is 9.43. The average molecular weight is 176 g/mol. The second-order valence-corrected chi connectivity index (χ2v) is 3.09. The fourth-order valence-electron chi connectivity index (χ4n) is 1.18. The van der Waals surface area contributed by atoms with Gasteiger partial charge in [0.25, 0.3) is 0 Å². The van der Waals surface area contributed by atoms with Crippen molar-refractivity contribution in [3.8, 4) is 5.75 Å². The predicted molar refractivity (Wildman–Crippen MR) is 55.9 cm³/mol. The second-order valence-electron chi connectivity index (χ2n) is 3.09. The molecule has 0 spiro atoms. The Morgan fingerprint density at radius 3 is 2.69 bits per heavy atom. The van der Waals surface area contributed by atoms with Crippen LogP contribution in [0.1, 0.15) is 25.3 Å². The number of phenolic OH excluding ortho intramolecular Hbond substituents is 1. The van der Waals surface area contributed by atoms with Crippen molar-refractivity contribution in [1.82, 2.24) is 0 Å². The molecule has 0 aromatic heterocycles. The number of benzene rings is 1. The van der Waals surface area contributed by atoms with Gasteiger partial charge in [-0.05, 0) is 24.5 Å². The Hall–Kier alpha value is -1.24. The lowest BCUT2D eigenvalue weighted by Gasteiger charge is -1.99. The van der Waals surface area contributed by atoms with Crippen molar-refractivity contribution in [2.45, 2.75) is 26.2 Å². The summed E-state index contributed by atoms with van der Waals surface area (Å²) in [5.74, 6) is 0.392. The van der Waals surface area contributed by atoms with Gasteiger partial charge in [0.15, 0.2) is 0 Å². The summed E-state index contributed by atoms with van der Waals surface area (Å²) < 4.78 is 0. The minimum Gasteiger partial charge on any atom is -0.508 e. The van der Waals surface area contributed by atoms with Gasteiger partial charge in [0.05, 0.1) is 0 Å². The molecule has 0 aliphatic heterocycles. The van der Waals surface area contributed by atoms with Crippen LogP contribution in [0.5, 0.6) is 5.75 Å². The zero-order chi connectivity index (χ0) is 9.52. The Labute approximate surface area is 79.7 Å². The number of para-hydroxylation sites is 1. The second kappa shape index (κ2) is 5.41. The van der Waals surface area contributed by atoms with Crippen LogP contribution in [-0.2, 0) is 6.42 Å². The van der Waals surface area contributed by atoms with Gasteiger partial charge in [-0.3, -0.25) is 0 Å². The molecule has 1 heteroatoms. The van der Waals surface area contributed by atoms with Crippen molar-refractivity contribution in [2.24, 2.45) is 0 Å². The highest BCUT2D eigenvalue weighted by atomic mass is 16.3. The average Bonchev–Trinajstić information content (AvgIpc) is 2.15. The first kappa shape index (κ1) is 9.85. The van der Waals surface area contributed by atoms with E-state index in [1.807, 2.05) is 18.2 Å². The number of aromatic hydroxyl groups is 1. The number of allylic oxidation sites excluding steroid dienone is 2. The van der Waals surface area contributed by atoms with Gasteiger partial charge in [-0.2, -0.15) is 0 Å². The maximum Gasteiger partial charge on any atom is 0.119 e. The zero-order valence-corrected chi connectivity index (χ0v) is 8.03. The molecule has 70 valence electrons. The van der Waals surface area contributed by atoms with Crippen LogP contribution in [0.2, 0.25) is 0 Å². The molecular weight excluding hydrogens is 160 g/mol. The molecule has 1 aromatic rings. The van der Waals surface area contributed by atoms with Crippen LogP contribution in [0.3, 0.4) is 0 Å². The molecule has 0 atom stereocenters. The Morgan fingerprint density at radius 2 is 2.00 bits per heavy atom. The first-order valence-corrected chi connectivity index (χ1v) is 4.76. The van der Waals surface area contributed by atoms with Crippen molar-refractivity contribution in [2.75, 3.05) is 0 Å². The normalized spacial score (nSPS) is 10.8. The smallest absolute Gasteiger partial charge is 0.119 e. The molecule has 0 radical (unpaired) electrons. The van der Waals surface area contributed by atoms with E-state index in [2.05, 4.69) is 19.1 Å². The van der Waals surface area contributed by atoms with Crippen molar-refractivity contribution in [1.29, 1.82) is 0 Å². The van der Waals surface area contributed by atoms with Crippen LogP contribution in [0, 0.1) is 0 Å². The molecule has 1 nitrogen and oxygen atoms in total. The summed E-state index contributed by atoms with van der Waals surface area (Å²) in [5.41, 5.74) is 0.995. The van der Waals surface area contributed by atoms with Crippen molar-refractivity contribution in [3.63, 3.8) is 0 Å². The Bertz CT molecular complexity index is 276. The first-order valence-electron chi connectivity index (χ1n) is 4.76. The van der Waals surface area contributed by atoms with Gasteiger partial charge >= 0.3 is 0 Å². The number of unbranched alkanes of at least 4 members (excludes halogenated alkanes) is 1. The number of hydrogen-bond donors (Lipinski definition) is 1. The SMILES string of the molecule is CCC/C=C\Cc1ccccc1O. The van der Waals surface area contributed by atoms with Gasteiger partial charge in [-0.1, -0.05) is 43.7 Å². The van der Waals surface area contributed by atoms with Crippen LogP contribution >= 0.6 is 0 Å². The van der Waals surface area contributed by atoms with Gasteiger partial charge in [-0.25, -0.2) is 0 Å². The van der Waals surface area contributed by atoms with Gasteiger partial charge in [0, 0.05) is 0 Å². The third-order valence-electron chi connectivity index (χ3n) is 1.95. The molecule has 1 N–H and O–H groups in total. The molecule has 0 fully saturated rings. The zero-order valence-electron chi connectivity index (χ0n) is 8.03. The molecule has 0 heterocycles. The van der Waals surface area contributed by atoms with Gasteiger partial charge < -0.3 is 5.11 Å². The maximum atomic E-state index is 9.43. The summed E-state index contributed by atoms with van der Waals surface area (Å²) in [7, 11) is 0. The largest absolute Gasteiger partial charge is 0.508 e. The molecular formula is C12H16O. The third kappa shape index (κ3) is 3.32. The van der Waals surface area contributed by atoms with E-state index in [9.17, 15) is 5.11 Å². The topological polar surface area (TPSA) is 20.2 Å². The highest BCUT2D eigenvalue weighted by molar-refractivity contribution is 5.33. The first-order chi connectivity index (χ1) is 6.34. The van der Waals surface area contributed by atoms with Crippen LogP contribution < -0.4 is 0 Å². The van der Waals surface area contributed by atoms with Crippen LogP contribution in [-0.4, -0.2) is 5.11 Å². The minimum absolute atomic E-state index is 0.392. The summed E-state index contributed by atoms with van der Waals surface area (Å²) >= 11 is 0. The number of hydrogen-bond acceptors (Lipinski definition) is 1. The van der Waals surface area contributed by atoms with E-state index in [1.165, 1.54) is 6.42 Å². The van der Waals surface area contributed by atoms with Crippen molar-refractivity contribution < 1.29 is 5.11 Å². The van der Waals surface area contributed by atoms with Crippen LogP contribution in [0.4, 0.5) is 0 Å². The monoisotopic (exact) mass is 176 g/mol. The van der Waals surface area contributed by atoms with Gasteiger partial charge in [0.1, 0.15) is 5.75 Å². The summed E-state index contributed by atoms with van der Waals surface area (Å²) in [6, 6.07) is 7.46. The third-order valence-corrected chi connectivity index (χ3v) is 1.95. The quantitative estimate of drug-likeness (QED) is 0.698. The number of phenols is 1. The van der Waals surface area contributed by atoms with Crippen LogP contribution in [0.15, 0.2) is 36.4 Å². The summed E-state index contributed by atoms with van der Waals surface area (Å²) in [4.78, 5) is 0. The Balaban J connectivity index is 2.49. The molecule has 0 saturated carbocycles. The molecule has 1 rings (SSSR count). The lowest BCUT2D eigenvalue weighted by molar-refractivity contribution is 0.469. The molecule has 0 saturated heterocycles. The Kier molecular flexibility index (Phi) is 4.10. The molecule has 0 unspecified atom stereocenters. The molecule has 0 amide bonds.